The Morgan fingerprint density at radius 3 is 2.13 bits per heavy atom. The highest BCUT2D eigenvalue weighted by Crippen LogP contribution is 2.44. The Morgan fingerprint density at radius 2 is 1.65 bits per heavy atom. The summed E-state index contributed by atoms with van der Waals surface area (Å²) in [5, 5.41) is 18.9. The number of amides is 1. The summed E-state index contributed by atoms with van der Waals surface area (Å²) in [6.45, 7) is 0.0408. The topological polar surface area (TPSA) is 117 Å². The number of carboxylic acid groups (broad SMARTS) is 1. The third kappa shape index (κ3) is 4.87. The van der Waals surface area contributed by atoms with Crippen LogP contribution in [0.1, 0.15) is 23.5 Å². The number of carboxylic acids is 1. The van der Waals surface area contributed by atoms with Crippen LogP contribution >= 0.6 is 0 Å². The Hall–Kier alpha value is -3.35. The van der Waals surface area contributed by atoms with E-state index in [9.17, 15) is 19.5 Å². The van der Waals surface area contributed by atoms with Crippen LogP contribution in [-0.2, 0) is 25.2 Å². The molecule has 0 saturated carbocycles. The van der Waals surface area contributed by atoms with Gasteiger partial charge in [0.05, 0.1) is 0 Å². The molecule has 0 unspecified atom stereocenters. The lowest BCUT2D eigenvalue weighted by molar-refractivity contribution is -0.140. The van der Waals surface area contributed by atoms with Crippen molar-refractivity contribution in [3.8, 4) is 11.1 Å². The maximum atomic E-state index is 12.3. The molecule has 0 heterocycles. The number of rotatable bonds is 8. The number of carbonyl (C=O) groups is 3. The maximum absolute atomic E-state index is 12.3. The molecule has 0 bridgehead atoms. The average Bonchev–Trinajstić information content (AvgIpc) is 3.06. The Labute approximate surface area is 183 Å². The van der Waals surface area contributed by atoms with Crippen molar-refractivity contribution >= 4 is 34.6 Å². The molecule has 3 N–H and O–H groups in total. The molecule has 0 aliphatic heterocycles. The highest BCUT2D eigenvalue weighted by Gasteiger charge is 2.32. The number of fused-ring (bicyclic) bond motifs is 3. The van der Waals surface area contributed by atoms with Gasteiger partial charge >= 0.3 is 12.1 Å². The quantitative estimate of drug-likeness (QED) is 0.332. The van der Waals surface area contributed by atoms with E-state index in [1.165, 1.54) is 0 Å². The molecule has 0 saturated heterocycles. The Bertz CT molecular complexity index is 1030. The zero-order valence-electron chi connectivity index (χ0n) is 17.2. The molecule has 1 amide bonds. The van der Waals surface area contributed by atoms with Gasteiger partial charge in [-0.15, -0.1) is 0 Å². The molecule has 2 aromatic carbocycles. The summed E-state index contributed by atoms with van der Waals surface area (Å²) in [5.74, 6) is 0.0360. The van der Waals surface area contributed by atoms with Gasteiger partial charge in [-0.1, -0.05) is 48.5 Å². The summed E-state index contributed by atoms with van der Waals surface area (Å²) in [5.41, 5.74) is 4.25. The first-order valence-electron chi connectivity index (χ1n) is 9.58. The van der Waals surface area contributed by atoms with E-state index in [1.54, 1.807) is 12.5 Å². The van der Waals surface area contributed by atoms with Crippen LogP contribution in [0.4, 0.5) is 4.79 Å². The third-order valence-corrected chi connectivity index (χ3v) is 6.24. The summed E-state index contributed by atoms with van der Waals surface area (Å²) >= 11 is 0. The first-order chi connectivity index (χ1) is 14.8. The number of alkyl carbamates (subject to hydrolysis) is 1. The molecule has 7 nitrogen and oxygen atoms in total. The van der Waals surface area contributed by atoms with Gasteiger partial charge in [0, 0.05) is 29.1 Å². The number of allylic oxidation sites excluding steroid dienone is 1. The van der Waals surface area contributed by atoms with Crippen molar-refractivity contribution in [3.05, 3.63) is 64.6 Å². The predicted molar refractivity (Wildman–Crippen MR) is 120 cm³/mol. The second-order valence-electron chi connectivity index (χ2n) is 7.26. The van der Waals surface area contributed by atoms with Crippen molar-refractivity contribution in [1.29, 1.82) is 5.41 Å². The van der Waals surface area contributed by atoms with Gasteiger partial charge in [0.2, 0.25) is 5.78 Å². The zero-order chi connectivity index (χ0) is 22.5. The number of nitrogens with one attached hydrogen (secondary N) is 2. The van der Waals surface area contributed by atoms with Crippen molar-refractivity contribution in [2.45, 2.75) is 18.4 Å². The molecule has 1 atom stereocenters. The largest absolute Gasteiger partial charge is 0.480 e. The van der Waals surface area contributed by atoms with Gasteiger partial charge in [-0.3, -0.25) is 10.2 Å². The number of hydrogen-bond donors (Lipinski definition) is 3. The highest BCUT2D eigenvalue weighted by atomic mass is 32.2. The van der Waals surface area contributed by atoms with Crippen LogP contribution in [0.3, 0.4) is 0 Å². The normalized spacial score (nSPS) is 13.0. The van der Waals surface area contributed by atoms with Gasteiger partial charge in [-0.25, -0.2) is 9.59 Å². The minimum Gasteiger partial charge on any atom is -0.480 e. The van der Waals surface area contributed by atoms with Crippen molar-refractivity contribution in [2.75, 3.05) is 19.1 Å². The fourth-order valence-corrected chi connectivity index (χ4v) is 4.40. The standard InChI is InChI=1S/C23H22N2O5S/c1-31(2)21(12-24)20(26)11-19(22(27)28)25-23(29)30-13-18-16-9-5-3-7-14(16)15-8-4-6-10-17(15)18/h3-10,18-19,24H,11,13H2,1-2H3,(H-,25,27,28,29)/p+1/t19-/m0/s1. The number of carbonyl (C=O) groups excluding carboxylic acids is 2. The molecule has 1 aliphatic carbocycles. The molecule has 160 valence electrons. The van der Waals surface area contributed by atoms with Crippen molar-refractivity contribution < 1.29 is 24.2 Å². The summed E-state index contributed by atoms with van der Waals surface area (Å²) in [6.07, 6.45) is 2.10. The summed E-state index contributed by atoms with van der Waals surface area (Å²) in [7, 11) is -0.542. The first-order valence-corrected chi connectivity index (χ1v) is 11.6. The molecule has 3 rings (SSSR count). The minimum atomic E-state index is -1.45. The van der Waals surface area contributed by atoms with Gasteiger partial charge in [-0.2, -0.15) is 0 Å². The highest BCUT2D eigenvalue weighted by molar-refractivity contribution is 8.00. The van der Waals surface area contributed by atoms with E-state index >= 15 is 0 Å². The lowest BCUT2D eigenvalue weighted by Crippen LogP contribution is -2.43. The number of ketones is 1. The smallest absolute Gasteiger partial charge is 0.407 e. The molecular weight excluding hydrogens is 416 g/mol. The average molecular weight is 440 g/mol. The molecule has 31 heavy (non-hydrogen) atoms. The molecule has 0 spiro atoms. The maximum Gasteiger partial charge on any atom is 0.407 e. The molecule has 2 aromatic rings. The second kappa shape index (κ2) is 9.64. The van der Waals surface area contributed by atoms with Crippen LogP contribution in [0, 0.1) is 5.41 Å². The third-order valence-electron chi connectivity index (χ3n) is 5.10. The first kappa shape index (κ1) is 22.3. The Kier molecular flexibility index (Phi) is 6.95. The number of aliphatic carboxylic acids is 1. The van der Waals surface area contributed by atoms with E-state index in [2.05, 4.69) is 11.2 Å². The van der Waals surface area contributed by atoms with E-state index in [0.29, 0.717) is 0 Å². The molecule has 0 radical (unpaired) electrons. The summed E-state index contributed by atoms with van der Waals surface area (Å²) in [4.78, 5) is 36.3. The molecule has 1 aliphatic rings. The van der Waals surface area contributed by atoms with E-state index in [0.717, 1.165) is 22.3 Å². The van der Waals surface area contributed by atoms with Crippen LogP contribution in [0.5, 0.6) is 0 Å². The lowest BCUT2D eigenvalue weighted by atomic mass is 9.98. The van der Waals surface area contributed by atoms with Crippen molar-refractivity contribution in [1.82, 2.24) is 5.32 Å². The zero-order valence-corrected chi connectivity index (χ0v) is 18.0. The molecular formula is C23H23N2O5S+. The number of hydrogen-bond acceptors (Lipinski definition) is 5. The SMILES string of the molecule is C[S+](C)C(=C=N)C(=O)C[C@H](NC(=O)OCC1c2ccccc2-c2ccccc21)C(=O)O. The Balaban J connectivity index is 1.67. The van der Waals surface area contributed by atoms with Crippen LogP contribution in [0.2, 0.25) is 0 Å². The monoisotopic (exact) mass is 439 g/mol. The number of Topliss-reactive ketones (excluding diaryl/α,β-unsaturated/α-hetero) is 1. The van der Waals surface area contributed by atoms with Crippen LogP contribution in [0.25, 0.3) is 11.1 Å². The second-order valence-corrected chi connectivity index (χ2v) is 9.30. The van der Waals surface area contributed by atoms with Gasteiger partial charge in [0.25, 0.3) is 4.91 Å². The van der Waals surface area contributed by atoms with Crippen LogP contribution in [-0.4, -0.2) is 54.0 Å². The number of ether oxygens (including phenoxy) is 1. The summed E-state index contributed by atoms with van der Waals surface area (Å²) in [6, 6.07) is 14.3. The Morgan fingerprint density at radius 1 is 1.10 bits per heavy atom. The van der Waals surface area contributed by atoms with E-state index in [-0.39, 0.29) is 17.4 Å². The number of benzene rings is 2. The lowest BCUT2D eigenvalue weighted by Gasteiger charge is -2.17. The van der Waals surface area contributed by atoms with Gasteiger partial charge in [0.1, 0.15) is 25.2 Å². The fraction of sp³-hybridized carbons (Fsp3) is 0.261. The van der Waals surface area contributed by atoms with E-state index in [1.807, 2.05) is 48.5 Å². The van der Waals surface area contributed by atoms with E-state index in [4.69, 9.17) is 10.1 Å². The summed E-state index contributed by atoms with van der Waals surface area (Å²) < 4.78 is 5.35. The van der Waals surface area contributed by atoms with Crippen LogP contribution < -0.4 is 5.32 Å². The predicted octanol–water partition coefficient (Wildman–Crippen LogP) is 2.95. The molecule has 0 fully saturated rings. The van der Waals surface area contributed by atoms with Gasteiger partial charge < -0.3 is 15.2 Å². The van der Waals surface area contributed by atoms with Crippen molar-refractivity contribution in [3.63, 3.8) is 0 Å². The fourth-order valence-electron chi connectivity index (χ4n) is 3.66. The molecule has 8 heteroatoms. The van der Waals surface area contributed by atoms with Gasteiger partial charge in [0.15, 0.2) is 0 Å². The molecule has 0 aromatic heterocycles. The minimum absolute atomic E-state index is 0.0408. The van der Waals surface area contributed by atoms with Crippen LogP contribution in [0.15, 0.2) is 53.4 Å². The van der Waals surface area contributed by atoms with Crippen molar-refractivity contribution in [2.24, 2.45) is 0 Å². The van der Waals surface area contributed by atoms with Gasteiger partial charge in [-0.05, 0) is 22.3 Å². The van der Waals surface area contributed by atoms with E-state index < -0.39 is 41.2 Å².